The van der Waals surface area contributed by atoms with E-state index >= 15 is 0 Å². The van der Waals surface area contributed by atoms with Crippen LogP contribution in [0.1, 0.15) is 39.2 Å². The summed E-state index contributed by atoms with van der Waals surface area (Å²) in [6.07, 6.45) is 1.87. The second-order valence-corrected chi connectivity index (χ2v) is 5.59. The van der Waals surface area contributed by atoms with Gasteiger partial charge in [0.2, 0.25) is 0 Å². The minimum Gasteiger partial charge on any atom is -0.389 e. The first-order valence-electron chi connectivity index (χ1n) is 6.05. The summed E-state index contributed by atoms with van der Waals surface area (Å²) in [5.74, 6) is 0.525. The highest BCUT2D eigenvalue weighted by Gasteiger charge is 2.15. The van der Waals surface area contributed by atoms with E-state index in [2.05, 4.69) is 37.1 Å². The van der Waals surface area contributed by atoms with Crippen molar-refractivity contribution in [2.45, 2.75) is 45.8 Å². The van der Waals surface area contributed by atoms with Gasteiger partial charge < -0.3 is 5.11 Å². The summed E-state index contributed by atoms with van der Waals surface area (Å²) >= 11 is 0. The Hall–Kier alpha value is -1.35. The summed E-state index contributed by atoms with van der Waals surface area (Å²) in [6, 6.07) is 6.40. The number of rotatable bonds is 3. The molecule has 0 fully saturated rings. The Morgan fingerprint density at radius 2 is 2.06 bits per heavy atom. The molecule has 0 aliphatic heterocycles. The van der Waals surface area contributed by atoms with Crippen molar-refractivity contribution < 1.29 is 5.11 Å². The molecule has 0 saturated carbocycles. The zero-order valence-electron chi connectivity index (χ0n) is 10.9. The lowest BCUT2D eigenvalue weighted by molar-refractivity contribution is 0.0591. The molecule has 0 atom stereocenters. The van der Waals surface area contributed by atoms with E-state index in [1.54, 1.807) is 13.8 Å². The van der Waals surface area contributed by atoms with Gasteiger partial charge in [-0.3, -0.25) is 4.68 Å². The fourth-order valence-corrected chi connectivity index (χ4v) is 1.96. The Balaban J connectivity index is 2.42. The first-order chi connectivity index (χ1) is 7.87. The molecule has 0 saturated heterocycles. The third-order valence-electron chi connectivity index (χ3n) is 2.87. The number of aromatic nitrogens is 2. The number of hydrogen-bond acceptors (Lipinski definition) is 2. The molecule has 3 heteroatoms. The molecule has 0 bridgehead atoms. The van der Waals surface area contributed by atoms with Crippen molar-refractivity contribution in [3.05, 3.63) is 30.0 Å². The van der Waals surface area contributed by atoms with Gasteiger partial charge in [-0.2, -0.15) is 5.10 Å². The molecule has 92 valence electrons. The van der Waals surface area contributed by atoms with E-state index in [1.807, 2.05) is 10.9 Å². The quantitative estimate of drug-likeness (QED) is 0.883. The van der Waals surface area contributed by atoms with E-state index in [0.29, 0.717) is 12.5 Å². The summed E-state index contributed by atoms with van der Waals surface area (Å²) in [6.45, 7) is 8.47. The van der Waals surface area contributed by atoms with E-state index in [0.717, 1.165) is 10.9 Å². The maximum absolute atomic E-state index is 9.83. The second-order valence-electron chi connectivity index (χ2n) is 5.59. The molecule has 1 aromatic carbocycles. The van der Waals surface area contributed by atoms with Gasteiger partial charge in [0, 0.05) is 5.39 Å². The summed E-state index contributed by atoms with van der Waals surface area (Å²) in [4.78, 5) is 0. The van der Waals surface area contributed by atoms with E-state index in [1.165, 1.54) is 5.56 Å². The fraction of sp³-hybridized carbons (Fsp3) is 0.500. The van der Waals surface area contributed by atoms with Gasteiger partial charge in [0.05, 0.1) is 23.9 Å². The van der Waals surface area contributed by atoms with Crippen LogP contribution < -0.4 is 0 Å². The molecule has 17 heavy (non-hydrogen) atoms. The third kappa shape index (κ3) is 2.67. The molecule has 0 spiro atoms. The molecule has 1 N–H and O–H groups in total. The van der Waals surface area contributed by atoms with Crippen molar-refractivity contribution in [3.8, 4) is 0 Å². The van der Waals surface area contributed by atoms with Crippen LogP contribution in [0.15, 0.2) is 24.4 Å². The maximum Gasteiger partial charge on any atom is 0.0787 e. The molecule has 0 aliphatic carbocycles. The van der Waals surface area contributed by atoms with E-state index < -0.39 is 5.60 Å². The van der Waals surface area contributed by atoms with Gasteiger partial charge in [0.1, 0.15) is 0 Å². The van der Waals surface area contributed by atoms with E-state index in [-0.39, 0.29) is 0 Å². The second kappa shape index (κ2) is 4.15. The van der Waals surface area contributed by atoms with Crippen LogP contribution in [0.4, 0.5) is 0 Å². The number of aliphatic hydroxyl groups is 1. The maximum atomic E-state index is 9.83. The average Bonchev–Trinajstić information content (AvgIpc) is 2.58. The van der Waals surface area contributed by atoms with Crippen molar-refractivity contribution in [1.29, 1.82) is 0 Å². The molecule has 2 aromatic rings. The van der Waals surface area contributed by atoms with Crippen LogP contribution in [0.2, 0.25) is 0 Å². The predicted octanol–water partition coefficient (Wildman–Crippen LogP) is 2.93. The molecular formula is C14H20N2O. The Bertz CT molecular complexity index is 520. The van der Waals surface area contributed by atoms with Crippen molar-refractivity contribution in [2.24, 2.45) is 0 Å². The predicted molar refractivity (Wildman–Crippen MR) is 70.1 cm³/mol. The van der Waals surface area contributed by atoms with Crippen LogP contribution >= 0.6 is 0 Å². The Labute approximate surface area is 102 Å². The monoisotopic (exact) mass is 232 g/mol. The van der Waals surface area contributed by atoms with Crippen molar-refractivity contribution in [3.63, 3.8) is 0 Å². The van der Waals surface area contributed by atoms with Gasteiger partial charge in [0.25, 0.3) is 0 Å². The first-order valence-corrected chi connectivity index (χ1v) is 6.05. The third-order valence-corrected chi connectivity index (χ3v) is 2.87. The molecule has 0 aliphatic rings. The van der Waals surface area contributed by atoms with Crippen LogP contribution in [-0.2, 0) is 6.54 Å². The summed E-state index contributed by atoms with van der Waals surface area (Å²) in [5.41, 5.74) is 1.66. The smallest absolute Gasteiger partial charge is 0.0787 e. The molecule has 3 nitrogen and oxygen atoms in total. The molecular weight excluding hydrogens is 212 g/mol. The van der Waals surface area contributed by atoms with Gasteiger partial charge in [-0.25, -0.2) is 0 Å². The molecule has 0 radical (unpaired) electrons. The summed E-state index contributed by atoms with van der Waals surface area (Å²) in [5, 5.41) is 15.3. The van der Waals surface area contributed by atoms with Crippen LogP contribution in [0.5, 0.6) is 0 Å². The highest BCUT2D eigenvalue weighted by molar-refractivity contribution is 5.79. The highest BCUT2D eigenvalue weighted by atomic mass is 16.3. The Kier molecular flexibility index (Phi) is 2.96. The highest BCUT2D eigenvalue weighted by Crippen LogP contribution is 2.22. The van der Waals surface area contributed by atoms with Gasteiger partial charge >= 0.3 is 0 Å². The number of nitrogens with zero attached hydrogens (tertiary/aromatic N) is 2. The number of hydrogen-bond donors (Lipinski definition) is 1. The fourth-order valence-electron chi connectivity index (χ4n) is 1.96. The molecule has 0 amide bonds. The van der Waals surface area contributed by atoms with E-state index in [9.17, 15) is 5.11 Å². The lowest BCUT2D eigenvalue weighted by atomic mass is 10.0. The minimum absolute atomic E-state index is 0.511. The van der Waals surface area contributed by atoms with Gasteiger partial charge in [0.15, 0.2) is 0 Å². The van der Waals surface area contributed by atoms with Crippen LogP contribution in [-0.4, -0.2) is 20.5 Å². The Morgan fingerprint density at radius 1 is 1.35 bits per heavy atom. The summed E-state index contributed by atoms with van der Waals surface area (Å²) < 4.78 is 1.86. The topological polar surface area (TPSA) is 38.0 Å². The normalized spacial score (nSPS) is 12.6. The van der Waals surface area contributed by atoms with Crippen molar-refractivity contribution in [1.82, 2.24) is 9.78 Å². The molecule has 0 unspecified atom stereocenters. The number of fused-ring (bicyclic) bond motifs is 1. The van der Waals surface area contributed by atoms with Crippen LogP contribution in [0.25, 0.3) is 10.9 Å². The van der Waals surface area contributed by atoms with Crippen molar-refractivity contribution >= 4 is 10.9 Å². The van der Waals surface area contributed by atoms with Crippen LogP contribution in [0, 0.1) is 0 Å². The van der Waals surface area contributed by atoms with Gasteiger partial charge in [-0.1, -0.05) is 19.9 Å². The van der Waals surface area contributed by atoms with Crippen LogP contribution in [0.3, 0.4) is 0 Å². The SMILES string of the molecule is CC(C)c1ccc2c(cnn2CC(C)(C)O)c1. The largest absolute Gasteiger partial charge is 0.389 e. The summed E-state index contributed by atoms with van der Waals surface area (Å²) in [7, 11) is 0. The standard InChI is InChI=1S/C14H20N2O/c1-10(2)11-5-6-13-12(7-11)8-15-16(13)9-14(3,4)17/h5-8,10,17H,9H2,1-4H3. The average molecular weight is 232 g/mol. The zero-order chi connectivity index (χ0) is 12.6. The lowest BCUT2D eigenvalue weighted by Crippen LogP contribution is -2.26. The zero-order valence-corrected chi connectivity index (χ0v) is 10.9. The Morgan fingerprint density at radius 3 is 2.65 bits per heavy atom. The van der Waals surface area contributed by atoms with Gasteiger partial charge in [-0.15, -0.1) is 0 Å². The minimum atomic E-state index is -0.740. The first kappa shape index (κ1) is 12.1. The van der Waals surface area contributed by atoms with E-state index in [4.69, 9.17) is 0 Å². The molecule has 2 rings (SSSR count). The van der Waals surface area contributed by atoms with Crippen molar-refractivity contribution in [2.75, 3.05) is 0 Å². The molecule has 1 heterocycles. The number of benzene rings is 1. The van der Waals surface area contributed by atoms with Gasteiger partial charge in [-0.05, 0) is 37.5 Å². The lowest BCUT2D eigenvalue weighted by Gasteiger charge is -2.17. The molecule has 1 aromatic heterocycles.